The molecule has 148 valence electrons. The van der Waals surface area contributed by atoms with Crippen molar-refractivity contribution in [3.05, 3.63) is 59.2 Å². The number of ether oxygens (including phenoxy) is 2. The standard InChI is InChI=1S/C21H20F3NO3/c1-3-27-18-12-11-16(14-19(18)28-4-2)20(26)25-13-7-9-15-8-5-6-10-17(15)21(22,23)24/h5-6,8,10-12,14H,3-4,13H2,1-2H3,(H,25,26). The lowest BCUT2D eigenvalue weighted by Crippen LogP contribution is -2.23. The SMILES string of the molecule is CCOc1ccc(C(=O)NCC#Cc2ccccc2C(F)(F)F)cc1OCC. The smallest absolute Gasteiger partial charge is 0.417 e. The number of nitrogens with one attached hydrogen (secondary N) is 1. The van der Waals surface area contributed by atoms with Gasteiger partial charge in [-0.1, -0.05) is 24.0 Å². The summed E-state index contributed by atoms with van der Waals surface area (Å²) < 4.78 is 49.7. The third-order valence-electron chi connectivity index (χ3n) is 3.60. The fraction of sp³-hybridized carbons (Fsp3) is 0.286. The summed E-state index contributed by atoms with van der Waals surface area (Å²) in [5, 5.41) is 2.56. The van der Waals surface area contributed by atoms with Gasteiger partial charge in [0.1, 0.15) is 0 Å². The molecule has 0 heterocycles. The van der Waals surface area contributed by atoms with Gasteiger partial charge in [0, 0.05) is 11.1 Å². The molecule has 0 atom stereocenters. The van der Waals surface area contributed by atoms with E-state index < -0.39 is 17.6 Å². The third kappa shape index (κ3) is 5.68. The predicted molar refractivity (Wildman–Crippen MR) is 99.4 cm³/mol. The molecule has 0 aromatic heterocycles. The maximum Gasteiger partial charge on any atom is 0.417 e. The van der Waals surface area contributed by atoms with Crippen LogP contribution in [0.25, 0.3) is 0 Å². The van der Waals surface area contributed by atoms with Crippen LogP contribution in [0, 0.1) is 11.8 Å². The van der Waals surface area contributed by atoms with E-state index in [0.29, 0.717) is 30.3 Å². The quantitative estimate of drug-likeness (QED) is 0.748. The van der Waals surface area contributed by atoms with Crippen LogP contribution in [-0.2, 0) is 6.18 Å². The maximum atomic E-state index is 12.9. The molecular weight excluding hydrogens is 371 g/mol. The van der Waals surface area contributed by atoms with Gasteiger partial charge in [0.2, 0.25) is 0 Å². The first-order valence-corrected chi connectivity index (χ1v) is 8.69. The van der Waals surface area contributed by atoms with Crippen molar-refractivity contribution in [1.82, 2.24) is 5.32 Å². The minimum atomic E-state index is -4.48. The summed E-state index contributed by atoms with van der Waals surface area (Å²) >= 11 is 0. The highest BCUT2D eigenvalue weighted by molar-refractivity contribution is 5.95. The van der Waals surface area contributed by atoms with Crippen molar-refractivity contribution < 1.29 is 27.4 Å². The predicted octanol–water partition coefficient (Wildman–Crippen LogP) is 4.28. The number of halogens is 3. The van der Waals surface area contributed by atoms with Gasteiger partial charge in [-0.2, -0.15) is 13.2 Å². The molecule has 7 heteroatoms. The first-order chi connectivity index (χ1) is 13.4. The van der Waals surface area contributed by atoms with Gasteiger partial charge in [-0.25, -0.2) is 0 Å². The van der Waals surface area contributed by atoms with Crippen molar-refractivity contribution in [2.75, 3.05) is 19.8 Å². The molecule has 0 aliphatic rings. The summed E-state index contributed by atoms with van der Waals surface area (Å²) in [6.45, 7) is 4.43. The number of carbonyl (C=O) groups is 1. The fourth-order valence-corrected chi connectivity index (χ4v) is 2.40. The molecule has 0 saturated heterocycles. The highest BCUT2D eigenvalue weighted by Crippen LogP contribution is 2.31. The Labute approximate surface area is 161 Å². The van der Waals surface area contributed by atoms with Crippen LogP contribution in [0.2, 0.25) is 0 Å². The van der Waals surface area contributed by atoms with Crippen LogP contribution in [0.4, 0.5) is 13.2 Å². The maximum absolute atomic E-state index is 12.9. The first kappa shape index (κ1) is 21.2. The van der Waals surface area contributed by atoms with Crippen molar-refractivity contribution in [2.45, 2.75) is 20.0 Å². The zero-order chi connectivity index (χ0) is 20.6. The zero-order valence-corrected chi connectivity index (χ0v) is 15.5. The van der Waals surface area contributed by atoms with Gasteiger partial charge >= 0.3 is 6.18 Å². The Morgan fingerprint density at radius 3 is 2.39 bits per heavy atom. The van der Waals surface area contributed by atoms with E-state index in [0.717, 1.165) is 6.07 Å². The number of alkyl halides is 3. The molecule has 2 rings (SSSR count). The Bertz CT molecular complexity index is 882. The Balaban J connectivity index is 2.06. The number of rotatable bonds is 6. The van der Waals surface area contributed by atoms with Crippen molar-refractivity contribution in [1.29, 1.82) is 0 Å². The normalized spacial score (nSPS) is 10.6. The lowest BCUT2D eigenvalue weighted by atomic mass is 10.1. The van der Waals surface area contributed by atoms with Crippen LogP contribution in [-0.4, -0.2) is 25.7 Å². The van der Waals surface area contributed by atoms with Gasteiger partial charge < -0.3 is 14.8 Å². The molecule has 0 aliphatic heterocycles. The molecule has 0 spiro atoms. The summed E-state index contributed by atoms with van der Waals surface area (Å²) in [5.74, 6) is 5.57. The highest BCUT2D eigenvalue weighted by Gasteiger charge is 2.32. The third-order valence-corrected chi connectivity index (χ3v) is 3.60. The van der Waals surface area contributed by atoms with Crippen LogP contribution < -0.4 is 14.8 Å². The van der Waals surface area contributed by atoms with E-state index in [1.807, 2.05) is 13.8 Å². The van der Waals surface area contributed by atoms with Crippen molar-refractivity contribution in [2.24, 2.45) is 0 Å². The van der Waals surface area contributed by atoms with E-state index in [1.165, 1.54) is 18.2 Å². The molecule has 0 unspecified atom stereocenters. The van der Waals surface area contributed by atoms with Crippen LogP contribution in [0.15, 0.2) is 42.5 Å². The molecule has 28 heavy (non-hydrogen) atoms. The zero-order valence-electron chi connectivity index (χ0n) is 15.5. The van der Waals surface area contributed by atoms with E-state index in [1.54, 1.807) is 18.2 Å². The summed E-state index contributed by atoms with van der Waals surface area (Å²) in [7, 11) is 0. The van der Waals surface area contributed by atoms with E-state index >= 15 is 0 Å². The fourth-order valence-electron chi connectivity index (χ4n) is 2.40. The summed E-state index contributed by atoms with van der Waals surface area (Å²) in [6, 6.07) is 9.81. The number of carbonyl (C=O) groups excluding carboxylic acids is 1. The van der Waals surface area contributed by atoms with Gasteiger partial charge in [-0.3, -0.25) is 4.79 Å². The van der Waals surface area contributed by atoms with E-state index in [-0.39, 0.29) is 12.1 Å². The van der Waals surface area contributed by atoms with Crippen LogP contribution in [0.3, 0.4) is 0 Å². The molecule has 2 aromatic carbocycles. The summed E-state index contributed by atoms with van der Waals surface area (Å²) in [6.07, 6.45) is -4.48. The minimum absolute atomic E-state index is 0.0950. The molecule has 0 radical (unpaired) electrons. The number of hydrogen-bond acceptors (Lipinski definition) is 3. The largest absolute Gasteiger partial charge is 0.490 e. The Morgan fingerprint density at radius 1 is 1.04 bits per heavy atom. The first-order valence-electron chi connectivity index (χ1n) is 8.69. The minimum Gasteiger partial charge on any atom is -0.490 e. The number of hydrogen-bond donors (Lipinski definition) is 1. The van der Waals surface area contributed by atoms with Gasteiger partial charge in [0.15, 0.2) is 11.5 Å². The second kappa shape index (κ2) is 9.70. The average Bonchev–Trinajstić information content (AvgIpc) is 2.66. The molecule has 1 N–H and O–H groups in total. The van der Waals surface area contributed by atoms with Crippen LogP contribution in [0.1, 0.15) is 35.3 Å². The second-order valence-corrected chi connectivity index (χ2v) is 5.56. The Morgan fingerprint density at radius 2 is 1.71 bits per heavy atom. The Hall–Kier alpha value is -3.14. The van der Waals surface area contributed by atoms with Crippen LogP contribution in [0.5, 0.6) is 11.5 Å². The van der Waals surface area contributed by atoms with Crippen molar-refractivity contribution in [3.63, 3.8) is 0 Å². The Kier molecular flexibility index (Phi) is 7.33. The van der Waals surface area contributed by atoms with Crippen LogP contribution >= 0.6 is 0 Å². The molecule has 2 aromatic rings. The molecule has 0 aliphatic carbocycles. The monoisotopic (exact) mass is 391 g/mol. The van der Waals surface area contributed by atoms with Gasteiger partial charge in [0.05, 0.1) is 25.3 Å². The second-order valence-electron chi connectivity index (χ2n) is 5.56. The number of amides is 1. The van der Waals surface area contributed by atoms with E-state index in [4.69, 9.17) is 9.47 Å². The molecule has 0 bridgehead atoms. The molecule has 0 saturated carbocycles. The van der Waals surface area contributed by atoms with E-state index in [2.05, 4.69) is 17.2 Å². The van der Waals surface area contributed by atoms with Gasteiger partial charge in [-0.15, -0.1) is 0 Å². The lowest BCUT2D eigenvalue weighted by Gasteiger charge is -2.12. The molecular formula is C21H20F3NO3. The number of benzene rings is 2. The topological polar surface area (TPSA) is 47.6 Å². The van der Waals surface area contributed by atoms with Crippen molar-refractivity contribution in [3.8, 4) is 23.3 Å². The summed E-state index contributed by atoms with van der Waals surface area (Å²) in [5.41, 5.74) is -0.602. The van der Waals surface area contributed by atoms with E-state index in [9.17, 15) is 18.0 Å². The summed E-state index contributed by atoms with van der Waals surface area (Å²) in [4.78, 5) is 12.3. The molecule has 4 nitrogen and oxygen atoms in total. The average molecular weight is 391 g/mol. The van der Waals surface area contributed by atoms with Gasteiger partial charge in [-0.05, 0) is 44.2 Å². The van der Waals surface area contributed by atoms with Gasteiger partial charge in [0.25, 0.3) is 5.91 Å². The van der Waals surface area contributed by atoms with Crippen molar-refractivity contribution >= 4 is 5.91 Å². The molecule has 1 amide bonds. The molecule has 0 fully saturated rings. The lowest BCUT2D eigenvalue weighted by molar-refractivity contribution is -0.137. The highest BCUT2D eigenvalue weighted by atomic mass is 19.4.